The van der Waals surface area contributed by atoms with E-state index in [1.165, 1.54) is 24.3 Å². The molecule has 0 aliphatic heterocycles. The third kappa shape index (κ3) is 3.51. The Hall–Kier alpha value is -2.21. The molecular weight excluding hydrogens is 317 g/mol. The van der Waals surface area contributed by atoms with E-state index in [0.717, 1.165) is 12.1 Å². The van der Waals surface area contributed by atoms with Crippen LogP contribution in [-0.4, -0.2) is 12.5 Å². The number of hydrogen-bond acceptors (Lipinski definition) is 2. The average molecular weight is 329 g/mol. The molecule has 0 unspecified atom stereocenters. The number of nitrogens with one attached hydrogen (secondary N) is 1. The van der Waals surface area contributed by atoms with Crippen LogP contribution < -0.4 is 11.1 Å². The fourth-order valence-electron chi connectivity index (χ4n) is 1.85. The Morgan fingerprint density at radius 1 is 1.23 bits per heavy atom. The van der Waals surface area contributed by atoms with Crippen molar-refractivity contribution >= 4 is 23.2 Å². The number of anilines is 1. The molecule has 0 aliphatic rings. The Labute approximate surface area is 129 Å². The Morgan fingerprint density at radius 3 is 2.50 bits per heavy atom. The quantitative estimate of drug-likeness (QED) is 0.843. The molecule has 1 amide bonds. The minimum atomic E-state index is -3.26. The Balaban J connectivity index is 2.14. The summed E-state index contributed by atoms with van der Waals surface area (Å²) in [6.07, 6.45) is 0. The van der Waals surface area contributed by atoms with Crippen molar-refractivity contribution in [2.75, 3.05) is 12.3 Å². The Kier molecular flexibility index (Phi) is 4.61. The summed E-state index contributed by atoms with van der Waals surface area (Å²) in [7, 11) is 0. The van der Waals surface area contributed by atoms with Crippen LogP contribution in [0.2, 0.25) is 5.02 Å². The van der Waals surface area contributed by atoms with Gasteiger partial charge in [-0.25, -0.2) is 4.39 Å². The van der Waals surface area contributed by atoms with Gasteiger partial charge in [-0.15, -0.1) is 0 Å². The molecule has 2 aromatic rings. The van der Waals surface area contributed by atoms with Gasteiger partial charge in [0.1, 0.15) is 5.82 Å². The van der Waals surface area contributed by atoms with Crippen LogP contribution in [0.3, 0.4) is 0 Å². The van der Waals surface area contributed by atoms with Crippen molar-refractivity contribution in [3.63, 3.8) is 0 Å². The molecule has 0 aromatic heterocycles. The van der Waals surface area contributed by atoms with Gasteiger partial charge < -0.3 is 11.1 Å². The van der Waals surface area contributed by atoms with Crippen molar-refractivity contribution in [3.8, 4) is 0 Å². The summed E-state index contributed by atoms with van der Waals surface area (Å²) < 4.78 is 41.3. The summed E-state index contributed by atoms with van der Waals surface area (Å²) in [5, 5.41) is 1.57. The molecule has 2 aromatic carbocycles. The summed E-state index contributed by atoms with van der Waals surface area (Å²) in [6, 6.07) is 9.11. The fourth-order valence-corrected chi connectivity index (χ4v) is 2.04. The zero-order chi connectivity index (χ0) is 16.3. The first-order valence-electron chi connectivity index (χ1n) is 6.27. The number of hydrogen-bond donors (Lipinski definition) is 2. The average Bonchev–Trinajstić information content (AvgIpc) is 2.49. The van der Waals surface area contributed by atoms with Gasteiger partial charge in [-0.05, 0) is 12.1 Å². The molecule has 0 bridgehead atoms. The largest absolute Gasteiger partial charge is 0.399 e. The molecule has 2 rings (SSSR count). The van der Waals surface area contributed by atoms with Crippen molar-refractivity contribution < 1.29 is 18.0 Å². The van der Waals surface area contributed by atoms with Gasteiger partial charge in [0.05, 0.1) is 17.1 Å². The van der Waals surface area contributed by atoms with E-state index in [1.54, 1.807) is 6.07 Å². The van der Waals surface area contributed by atoms with Gasteiger partial charge in [-0.1, -0.05) is 41.9 Å². The summed E-state index contributed by atoms with van der Waals surface area (Å²) in [5.41, 5.74) is 4.86. The number of rotatable bonds is 4. The van der Waals surface area contributed by atoms with Crippen LogP contribution in [0, 0.1) is 5.82 Å². The van der Waals surface area contributed by atoms with Gasteiger partial charge in [0.15, 0.2) is 0 Å². The second-order valence-electron chi connectivity index (χ2n) is 4.62. The first-order valence-corrected chi connectivity index (χ1v) is 6.65. The lowest BCUT2D eigenvalue weighted by atomic mass is 10.1. The van der Waals surface area contributed by atoms with Crippen LogP contribution >= 0.6 is 11.6 Å². The number of benzene rings is 2. The molecule has 0 aliphatic carbocycles. The van der Waals surface area contributed by atoms with E-state index in [9.17, 15) is 18.0 Å². The maximum atomic E-state index is 13.9. The minimum absolute atomic E-state index is 0.0260. The van der Waals surface area contributed by atoms with E-state index in [2.05, 4.69) is 0 Å². The van der Waals surface area contributed by atoms with E-state index in [-0.39, 0.29) is 16.8 Å². The van der Waals surface area contributed by atoms with Crippen LogP contribution in [0.25, 0.3) is 0 Å². The molecule has 3 nitrogen and oxygen atoms in total. The van der Waals surface area contributed by atoms with Crippen molar-refractivity contribution in [1.29, 1.82) is 0 Å². The predicted octanol–water partition coefficient (Wildman–Crippen LogP) is 3.58. The highest BCUT2D eigenvalue weighted by molar-refractivity contribution is 6.34. The molecule has 0 fully saturated rings. The first kappa shape index (κ1) is 16.2. The Bertz CT molecular complexity index is 693. The zero-order valence-electron chi connectivity index (χ0n) is 11.2. The smallest absolute Gasteiger partial charge is 0.290 e. The first-order chi connectivity index (χ1) is 10.3. The standard InChI is InChI=1S/C15H12ClF3N2O/c16-13-11(6-10(20)7-12(13)17)14(22)21-8-15(18,19)9-4-2-1-3-5-9/h1-7H,8,20H2,(H,21,22). The SMILES string of the molecule is Nc1cc(F)c(Cl)c(C(=O)NCC(F)(F)c2ccccc2)c1. The van der Waals surface area contributed by atoms with E-state index >= 15 is 0 Å². The van der Waals surface area contributed by atoms with Crippen LogP contribution in [-0.2, 0) is 5.92 Å². The molecule has 0 heterocycles. The van der Waals surface area contributed by atoms with Crippen molar-refractivity contribution in [2.45, 2.75) is 5.92 Å². The number of carbonyl (C=O) groups is 1. The lowest BCUT2D eigenvalue weighted by molar-refractivity contribution is -0.00247. The van der Waals surface area contributed by atoms with Gasteiger partial charge >= 0.3 is 0 Å². The topological polar surface area (TPSA) is 55.1 Å². The lowest BCUT2D eigenvalue weighted by Crippen LogP contribution is -2.35. The van der Waals surface area contributed by atoms with Gasteiger partial charge in [-0.2, -0.15) is 8.78 Å². The summed E-state index contributed by atoms with van der Waals surface area (Å²) >= 11 is 5.65. The monoisotopic (exact) mass is 328 g/mol. The third-order valence-corrected chi connectivity index (χ3v) is 3.35. The highest BCUT2D eigenvalue weighted by Crippen LogP contribution is 2.27. The maximum Gasteiger partial charge on any atom is 0.290 e. The molecule has 0 atom stereocenters. The number of amides is 1. The van der Waals surface area contributed by atoms with E-state index in [1.807, 2.05) is 5.32 Å². The number of nitrogen functional groups attached to an aromatic ring is 1. The molecule has 0 spiro atoms. The van der Waals surface area contributed by atoms with Gasteiger partial charge in [0, 0.05) is 11.3 Å². The molecule has 7 heteroatoms. The highest BCUT2D eigenvalue weighted by atomic mass is 35.5. The van der Waals surface area contributed by atoms with Gasteiger partial charge in [0.25, 0.3) is 11.8 Å². The summed E-state index contributed by atoms with van der Waals surface area (Å²) in [6.45, 7) is -0.942. The minimum Gasteiger partial charge on any atom is -0.399 e. The van der Waals surface area contributed by atoms with E-state index in [4.69, 9.17) is 17.3 Å². The zero-order valence-corrected chi connectivity index (χ0v) is 12.0. The number of carbonyl (C=O) groups excluding carboxylic acids is 1. The Morgan fingerprint density at radius 2 is 1.86 bits per heavy atom. The molecule has 0 radical (unpaired) electrons. The summed E-state index contributed by atoms with van der Waals surface area (Å²) in [5.74, 6) is -5.07. The normalized spacial score (nSPS) is 11.3. The molecule has 0 saturated heterocycles. The molecule has 22 heavy (non-hydrogen) atoms. The van der Waals surface area contributed by atoms with Crippen LogP contribution in [0.1, 0.15) is 15.9 Å². The van der Waals surface area contributed by atoms with Crippen LogP contribution in [0.15, 0.2) is 42.5 Å². The van der Waals surface area contributed by atoms with Crippen molar-refractivity contribution in [3.05, 3.63) is 64.4 Å². The molecule has 0 saturated carbocycles. The number of alkyl halides is 2. The fraction of sp³-hybridized carbons (Fsp3) is 0.133. The van der Waals surface area contributed by atoms with Crippen molar-refractivity contribution in [1.82, 2.24) is 5.32 Å². The number of halogens is 4. The summed E-state index contributed by atoms with van der Waals surface area (Å²) in [4.78, 5) is 11.9. The predicted molar refractivity (Wildman–Crippen MR) is 78.5 cm³/mol. The van der Waals surface area contributed by atoms with Crippen LogP contribution in [0.4, 0.5) is 18.9 Å². The highest BCUT2D eigenvalue weighted by Gasteiger charge is 2.32. The second kappa shape index (κ2) is 6.27. The third-order valence-electron chi connectivity index (χ3n) is 2.96. The van der Waals surface area contributed by atoms with Gasteiger partial charge in [0.2, 0.25) is 0 Å². The molecular formula is C15H12ClF3N2O. The van der Waals surface area contributed by atoms with Gasteiger partial charge in [-0.3, -0.25) is 4.79 Å². The van der Waals surface area contributed by atoms with Crippen molar-refractivity contribution in [2.24, 2.45) is 0 Å². The van der Waals surface area contributed by atoms with Crippen LogP contribution in [0.5, 0.6) is 0 Å². The second-order valence-corrected chi connectivity index (χ2v) is 5.00. The van der Waals surface area contributed by atoms with E-state index < -0.39 is 29.2 Å². The van der Waals surface area contributed by atoms with E-state index in [0.29, 0.717) is 0 Å². The molecule has 3 N–H and O–H groups in total. The lowest BCUT2D eigenvalue weighted by Gasteiger charge is -2.17. The maximum absolute atomic E-state index is 13.9. The number of nitrogens with two attached hydrogens (primary N) is 1. The molecule has 116 valence electrons.